The number of aromatic hydroxyl groups is 1. The van der Waals surface area contributed by atoms with Gasteiger partial charge in [-0.25, -0.2) is 4.98 Å². The zero-order valence-corrected chi connectivity index (χ0v) is 16.1. The minimum atomic E-state index is -0.303. The molecule has 0 radical (unpaired) electrons. The zero-order chi connectivity index (χ0) is 18.8. The van der Waals surface area contributed by atoms with Crippen molar-refractivity contribution < 1.29 is 9.90 Å². The van der Waals surface area contributed by atoms with Crippen LogP contribution in [0.2, 0.25) is 10.0 Å². The van der Waals surface area contributed by atoms with E-state index in [1.54, 1.807) is 4.57 Å². The van der Waals surface area contributed by atoms with Crippen molar-refractivity contribution in [1.29, 1.82) is 0 Å². The van der Waals surface area contributed by atoms with Crippen LogP contribution in [-0.4, -0.2) is 38.6 Å². The molecule has 140 valence electrons. The highest BCUT2D eigenvalue weighted by molar-refractivity contribution is 6.39. The van der Waals surface area contributed by atoms with Crippen LogP contribution < -0.4 is 5.56 Å². The average molecular weight is 398 g/mol. The fourth-order valence-corrected chi connectivity index (χ4v) is 3.90. The number of fused-ring (bicyclic) bond motifs is 1. The number of carbonyl (C=O) groups excluding carboxylic acids is 1. The molecule has 2 aromatic rings. The summed E-state index contributed by atoms with van der Waals surface area (Å²) in [7, 11) is 0. The molecule has 0 aliphatic carbocycles. The first-order valence-electron chi connectivity index (χ1n) is 8.79. The maximum Gasteiger partial charge on any atom is 0.263 e. The van der Waals surface area contributed by atoms with Crippen molar-refractivity contribution in [1.82, 2.24) is 14.5 Å². The van der Waals surface area contributed by atoms with Gasteiger partial charge in [0.2, 0.25) is 5.91 Å². The molecule has 3 rings (SSSR count). The van der Waals surface area contributed by atoms with Crippen molar-refractivity contribution in [3.8, 4) is 5.75 Å². The van der Waals surface area contributed by atoms with Crippen molar-refractivity contribution in [3.63, 3.8) is 0 Å². The number of unbranched alkanes of at least 4 members (excludes halogenated alkanes) is 1. The molecule has 1 aromatic heterocycles. The lowest BCUT2D eigenvalue weighted by molar-refractivity contribution is -0.132. The first-order chi connectivity index (χ1) is 12.4. The summed E-state index contributed by atoms with van der Waals surface area (Å²) in [5.74, 6) is -0.0662. The van der Waals surface area contributed by atoms with Gasteiger partial charge in [0, 0.05) is 25.6 Å². The second kappa shape index (κ2) is 7.84. The minimum Gasteiger partial charge on any atom is -0.504 e. The maximum atomic E-state index is 12.9. The van der Waals surface area contributed by atoms with Gasteiger partial charge in [-0.2, -0.15) is 0 Å². The number of phenolic OH excluding ortho intramolecular Hbond substituents is 1. The molecule has 0 unspecified atom stereocenters. The number of aromatic nitrogens is 2. The van der Waals surface area contributed by atoms with Crippen LogP contribution >= 0.6 is 23.2 Å². The molecule has 0 bridgehead atoms. The lowest BCUT2D eigenvalue weighted by Gasteiger charge is -2.33. The number of nitrogens with zero attached hydrogens (tertiary/aromatic N) is 3. The van der Waals surface area contributed by atoms with Gasteiger partial charge in [-0.15, -0.1) is 0 Å². The molecule has 0 saturated carbocycles. The molecular weight excluding hydrogens is 377 g/mol. The van der Waals surface area contributed by atoms with Crippen LogP contribution in [0.4, 0.5) is 0 Å². The Morgan fingerprint density at radius 3 is 2.65 bits per heavy atom. The number of phenols is 1. The number of rotatable bonds is 4. The smallest absolute Gasteiger partial charge is 0.263 e. The molecule has 0 spiro atoms. The number of piperidine rings is 1. The summed E-state index contributed by atoms with van der Waals surface area (Å²) in [4.78, 5) is 31.1. The second-order valence-electron chi connectivity index (χ2n) is 6.58. The Bertz CT molecular complexity index is 889. The molecule has 1 amide bonds. The Kier molecular flexibility index (Phi) is 5.73. The topological polar surface area (TPSA) is 75.4 Å². The van der Waals surface area contributed by atoms with E-state index in [9.17, 15) is 14.7 Å². The summed E-state index contributed by atoms with van der Waals surface area (Å²) in [5, 5.41) is 10.4. The van der Waals surface area contributed by atoms with Crippen molar-refractivity contribution in [3.05, 3.63) is 32.8 Å². The van der Waals surface area contributed by atoms with E-state index in [0.29, 0.717) is 32.4 Å². The molecule has 1 aromatic carbocycles. The number of amides is 1. The largest absolute Gasteiger partial charge is 0.504 e. The van der Waals surface area contributed by atoms with Gasteiger partial charge < -0.3 is 10.0 Å². The standard InChI is InChI=1S/C18H21Cl2N3O3/c1-2-3-4-14(24)22-7-5-11(6-8-22)23-10-21-16-15(18(23)26)12(19)9-13(20)17(16)25/h9-11,25H,2-8H2,1H3. The number of likely N-dealkylation sites (tertiary alicyclic amines) is 1. The van der Waals surface area contributed by atoms with E-state index >= 15 is 0 Å². The summed E-state index contributed by atoms with van der Waals surface area (Å²) < 4.78 is 1.55. The third kappa shape index (κ3) is 3.53. The highest BCUT2D eigenvalue weighted by atomic mass is 35.5. The molecule has 2 heterocycles. The van der Waals surface area contributed by atoms with E-state index in [2.05, 4.69) is 11.9 Å². The van der Waals surface area contributed by atoms with Crippen molar-refractivity contribution in [2.24, 2.45) is 0 Å². The molecule has 1 N–H and O–H groups in total. The first kappa shape index (κ1) is 19.0. The summed E-state index contributed by atoms with van der Waals surface area (Å²) >= 11 is 12.1. The van der Waals surface area contributed by atoms with Gasteiger partial charge in [0.15, 0.2) is 5.75 Å². The lowest BCUT2D eigenvalue weighted by atomic mass is 10.0. The molecule has 1 aliphatic rings. The van der Waals surface area contributed by atoms with E-state index in [4.69, 9.17) is 23.2 Å². The van der Waals surface area contributed by atoms with Crippen molar-refractivity contribution in [2.45, 2.75) is 45.1 Å². The average Bonchev–Trinajstić information content (AvgIpc) is 2.64. The monoisotopic (exact) mass is 397 g/mol. The molecular formula is C18H21Cl2N3O3. The molecule has 1 aliphatic heterocycles. The quantitative estimate of drug-likeness (QED) is 0.851. The summed E-state index contributed by atoms with van der Waals surface area (Å²) in [6, 6.07) is 1.30. The summed E-state index contributed by atoms with van der Waals surface area (Å²) in [6.07, 6.45) is 5.27. The minimum absolute atomic E-state index is 0.0523. The van der Waals surface area contributed by atoms with Gasteiger partial charge in [-0.05, 0) is 25.3 Å². The molecule has 1 fully saturated rings. The number of benzene rings is 1. The summed E-state index contributed by atoms with van der Waals surface area (Å²) in [5.41, 5.74) is -0.196. The molecule has 26 heavy (non-hydrogen) atoms. The second-order valence-corrected chi connectivity index (χ2v) is 7.40. The number of carbonyl (C=O) groups is 1. The molecule has 1 saturated heterocycles. The van der Waals surface area contributed by atoms with Gasteiger partial charge in [0.25, 0.3) is 5.56 Å². The molecule has 8 heteroatoms. The number of hydrogen-bond acceptors (Lipinski definition) is 4. The molecule has 6 nitrogen and oxygen atoms in total. The fraction of sp³-hybridized carbons (Fsp3) is 0.500. The third-order valence-corrected chi connectivity index (χ3v) is 5.48. The van der Waals surface area contributed by atoms with E-state index in [-0.39, 0.29) is 44.2 Å². The predicted octanol–water partition coefficient (Wildman–Crippen LogP) is 3.76. The van der Waals surface area contributed by atoms with Crippen molar-refractivity contribution >= 4 is 40.0 Å². The number of halogens is 2. The van der Waals surface area contributed by atoms with E-state index in [1.165, 1.54) is 12.4 Å². The predicted molar refractivity (Wildman–Crippen MR) is 102 cm³/mol. The highest BCUT2D eigenvalue weighted by Gasteiger charge is 2.25. The van der Waals surface area contributed by atoms with Gasteiger partial charge >= 0.3 is 0 Å². The van der Waals surface area contributed by atoms with Crippen LogP contribution in [0.3, 0.4) is 0 Å². The normalized spacial score (nSPS) is 15.6. The Morgan fingerprint density at radius 2 is 2.00 bits per heavy atom. The van der Waals surface area contributed by atoms with Crippen LogP contribution in [0.25, 0.3) is 10.9 Å². The van der Waals surface area contributed by atoms with Crippen LogP contribution in [0, 0.1) is 0 Å². The van der Waals surface area contributed by atoms with Crippen LogP contribution in [0.5, 0.6) is 5.75 Å². The van der Waals surface area contributed by atoms with Crippen molar-refractivity contribution in [2.75, 3.05) is 13.1 Å². The van der Waals surface area contributed by atoms with Gasteiger partial charge in [-0.1, -0.05) is 36.5 Å². The Morgan fingerprint density at radius 1 is 1.31 bits per heavy atom. The highest BCUT2D eigenvalue weighted by Crippen LogP contribution is 2.34. The van der Waals surface area contributed by atoms with Crippen LogP contribution in [-0.2, 0) is 4.79 Å². The molecule has 0 atom stereocenters. The Balaban J connectivity index is 1.83. The van der Waals surface area contributed by atoms with E-state index < -0.39 is 0 Å². The fourth-order valence-electron chi connectivity index (χ4n) is 3.37. The lowest BCUT2D eigenvalue weighted by Crippen LogP contribution is -2.40. The van der Waals surface area contributed by atoms with Gasteiger partial charge in [-0.3, -0.25) is 14.2 Å². The number of hydrogen-bond donors (Lipinski definition) is 1. The summed E-state index contributed by atoms with van der Waals surface area (Å²) in [6.45, 7) is 3.31. The van der Waals surface area contributed by atoms with Crippen LogP contribution in [0.1, 0.15) is 45.1 Å². The Labute approximate surface area is 161 Å². The first-order valence-corrected chi connectivity index (χ1v) is 9.55. The van der Waals surface area contributed by atoms with Gasteiger partial charge in [0.05, 0.1) is 21.8 Å². The SMILES string of the molecule is CCCCC(=O)N1CCC(n2cnc3c(O)c(Cl)cc(Cl)c3c2=O)CC1. The van der Waals surface area contributed by atoms with Crippen LogP contribution in [0.15, 0.2) is 17.2 Å². The van der Waals surface area contributed by atoms with E-state index in [1.807, 2.05) is 4.90 Å². The zero-order valence-electron chi connectivity index (χ0n) is 14.5. The van der Waals surface area contributed by atoms with Gasteiger partial charge in [0.1, 0.15) is 5.52 Å². The Hall–Kier alpha value is -1.79. The maximum absolute atomic E-state index is 12.9. The third-order valence-electron chi connectivity index (χ3n) is 4.89. The van der Waals surface area contributed by atoms with E-state index in [0.717, 1.165) is 12.8 Å².